The third-order valence-electron chi connectivity index (χ3n) is 4.55. The van der Waals surface area contributed by atoms with E-state index in [1.165, 1.54) is 23.5 Å². The van der Waals surface area contributed by atoms with Crippen molar-refractivity contribution < 1.29 is 17.9 Å². The molecular formula is C22H23N3O4S2. The number of nitrogens with two attached hydrogens (primary N) is 1. The molecule has 0 aliphatic heterocycles. The number of hydrogen-bond donors (Lipinski definition) is 1. The van der Waals surface area contributed by atoms with Crippen LogP contribution in [0.5, 0.6) is 5.75 Å². The summed E-state index contributed by atoms with van der Waals surface area (Å²) in [6, 6.07) is 11.3. The number of terminal acetylenes is 1. The zero-order chi connectivity index (χ0) is 22.4. The van der Waals surface area contributed by atoms with Gasteiger partial charge in [0, 0.05) is 5.56 Å². The fourth-order valence-corrected chi connectivity index (χ4v) is 4.63. The number of rotatable bonds is 8. The van der Waals surface area contributed by atoms with Gasteiger partial charge in [-0.2, -0.15) is 4.99 Å². The molecule has 1 heterocycles. The molecule has 1 amide bonds. The van der Waals surface area contributed by atoms with Crippen LogP contribution in [-0.2, 0) is 16.6 Å². The Bertz CT molecular complexity index is 1300. The van der Waals surface area contributed by atoms with Crippen LogP contribution in [0, 0.1) is 12.3 Å². The van der Waals surface area contributed by atoms with Crippen molar-refractivity contribution in [2.75, 3.05) is 6.61 Å². The second kappa shape index (κ2) is 9.92. The molecule has 0 bridgehead atoms. The normalized spacial score (nSPS) is 12.1. The lowest BCUT2D eigenvalue weighted by atomic mass is 10.2. The van der Waals surface area contributed by atoms with Crippen LogP contribution >= 0.6 is 11.3 Å². The molecule has 0 unspecified atom stereocenters. The number of nitrogens with zero attached hydrogens (tertiary/aromatic N) is 2. The van der Waals surface area contributed by atoms with Crippen molar-refractivity contribution in [3.63, 3.8) is 0 Å². The molecule has 7 nitrogen and oxygen atoms in total. The number of unbranched alkanes of at least 4 members (excludes halogenated alkanes) is 2. The summed E-state index contributed by atoms with van der Waals surface area (Å²) >= 11 is 1.17. The fourth-order valence-electron chi connectivity index (χ4n) is 2.95. The third kappa shape index (κ3) is 5.61. The first kappa shape index (κ1) is 22.7. The molecule has 0 radical (unpaired) electrons. The van der Waals surface area contributed by atoms with Gasteiger partial charge in [-0.3, -0.25) is 4.79 Å². The molecule has 0 spiro atoms. The van der Waals surface area contributed by atoms with E-state index in [9.17, 15) is 13.2 Å². The first-order chi connectivity index (χ1) is 14.8. The minimum Gasteiger partial charge on any atom is -0.494 e. The molecule has 0 aliphatic carbocycles. The predicted molar refractivity (Wildman–Crippen MR) is 121 cm³/mol. The molecular weight excluding hydrogens is 434 g/mol. The molecule has 3 aromatic rings. The van der Waals surface area contributed by atoms with Crippen molar-refractivity contribution >= 4 is 37.5 Å². The van der Waals surface area contributed by atoms with Gasteiger partial charge in [0.05, 0.1) is 28.3 Å². The van der Waals surface area contributed by atoms with Crippen molar-refractivity contribution in [2.24, 2.45) is 10.1 Å². The molecule has 0 saturated carbocycles. The number of thiazole rings is 1. The molecule has 0 saturated heterocycles. The van der Waals surface area contributed by atoms with Crippen LogP contribution in [0.3, 0.4) is 0 Å². The first-order valence-corrected chi connectivity index (χ1v) is 12.1. The molecule has 2 N–H and O–H groups in total. The molecule has 3 rings (SSSR count). The van der Waals surface area contributed by atoms with E-state index in [0.717, 1.165) is 19.3 Å². The Labute approximate surface area is 185 Å². The lowest BCUT2D eigenvalue weighted by Gasteiger charge is -2.05. The number of aromatic nitrogens is 1. The average molecular weight is 458 g/mol. The Hall–Kier alpha value is -2.93. The highest BCUT2D eigenvalue weighted by atomic mass is 32.2. The van der Waals surface area contributed by atoms with Gasteiger partial charge in [-0.15, -0.1) is 6.42 Å². The molecule has 9 heteroatoms. The van der Waals surface area contributed by atoms with Crippen LogP contribution in [0.2, 0.25) is 0 Å². The third-order valence-corrected chi connectivity index (χ3v) is 6.50. The minimum atomic E-state index is -3.84. The SMILES string of the molecule is C#CCn1c(=NC(=O)c2ccc(OCCCCC)cc2)sc2cc(S(N)(=O)=O)ccc21. The van der Waals surface area contributed by atoms with Gasteiger partial charge in [0.15, 0.2) is 4.80 Å². The summed E-state index contributed by atoms with van der Waals surface area (Å²) in [5.41, 5.74) is 1.09. The van der Waals surface area contributed by atoms with Crippen LogP contribution in [0.4, 0.5) is 0 Å². The number of carbonyl (C=O) groups is 1. The molecule has 0 aliphatic rings. The number of amides is 1. The Morgan fingerprint density at radius 3 is 2.61 bits per heavy atom. The van der Waals surface area contributed by atoms with E-state index < -0.39 is 15.9 Å². The quantitative estimate of drug-likeness (QED) is 0.414. The Morgan fingerprint density at radius 1 is 1.23 bits per heavy atom. The second-order valence-electron chi connectivity index (χ2n) is 6.85. The molecule has 1 aromatic heterocycles. The van der Waals surface area contributed by atoms with Gasteiger partial charge in [-0.25, -0.2) is 13.6 Å². The molecule has 0 atom stereocenters. The van der Waals surface area contributed by atoms with Gasteiger partial charge in [0.1, 0.15) is 5.75 Å². The highest BCUT2D eigenvalue weighted by Gasteiger charge is 2.13. The van der Waals surface area contributed by atoms with Crippen LogP contribution in [0.1, 0.15) is 36.5 Å². The monoisotopic (exact) mass is 457 g/mol. The molecule has 31 heavy (non-hydrogen) atoms. The van der Waals surface area contributed by atoms with E-state index in [0.29, 0.717) is 32.9 Å². The van der Waals surface area contributed by atoms with Crippen molar-refractivity contribution in [1.82, 2.24) is 4.57 Å². The largest absolute Gasteiger partial charge is 0.494 e. The van der Waals surface area contributed by atoms with Gasteiger partial charge in [0.25, 0.3) is 5.91 Å². The maximum Gasteiger partial charge on any atom is 0.279 e. The summed E-state index contributed by atoms with van der Waals surface area (Å²) in [5.74, 6) is 2.81. The lowest BCUT2D eigenvalue weighted by Crippen LogP contribution is -2.16. The van der Waals surface area contributed by atoms with Crippen LogP contribution in [0.15, 0.2) is 52.4 Å². The number of primary sulfonamides is 1. The van der Waals surface area contributed by atoms with E-state index in [2.05, 4.69) is 17.8 Å². The van der Waals surface area contributed by atoms with E-state index >= 15 is 0 Å². The summed E-state index contributed by atoms with van der Waals surface area (Å²) in [4.78, 5) is 17.3. The van der Waals surface area contributed by atoms with E-state index in [4.69, 9.17) is 16.3 Å². The summed E-state index contributed by atoms with van der Waals surface area (Å²) in [6.45, 7) is 2.96. The summed E-state index contributed by atoms with van der Waals surface area (Å²) < 4.78 is 31.2. The predicted octanol–water partition coefficient (Wildman–Crippen LogP) is 3.29. The highest BCUT2D eigenvalue weighted by molar-refractivity contribution is 7.89. The van der Waals surface area contributed by atoms with Gasteiger partial charge in [-0.05, 0) is 48.9 Å². The topological polar surface area (TPSA) is 104 Å². The van der Waals surface area contributed by atoms with Gasteiger partial charge >= 0.3 is 0 Å². The smallest absolute Gasteiger partial charge is 0.279 e. The second-order valence-corrected chi connectivity index (χ2v) is 9.42. The van der Waals surface area contributed by atoms with Gasteiger partial charge in [-0.1, -0.05) is 37.0 Å². The zero-order valence-corrected chi connectivity index (χ0v) is 18.7. The van der Waals surface area contributed by atoms with Crippen molar-refractivity contribution in [2.45, 2.75) is 37.6 Å². The van der Waals surface area contributed by atoms with Gasteiger partial charge in [0.2, 0.25) is 10.0 Å². The Balaban J connectivity index is 1.91. The maximum absolute atomic E-state index is 12.7. The van der Waals surface area contributed by atoms with Crippen LogP contribution in [-0.4, -0.2) is 25.5 Å². The highest BCUT2D eigenvalue weighted by Crippen LogP contribution is 2.21. The van der Waals surface area contributed by atoms with Crippen molar-refractivity contribution in [3.8, 4) is 18.1 Å². The van der Waals surface area contributed by atoms with Gasteiger partial charge < -0.3 is 9.30 Å². The minimum absolute atomic E-state index is 0.0125. The fraction of sp³-hybridized carbons (Fsp3) is 0.273. The van der Waals surface area contributed by atoms with Crippen molar-refractivity contribution in [1.29, 1.82) is 0 Å². The lowest BCUT2D eigenvalue weighted by molar-refractivity contribution is 0.0998. The number of carbonyl (C=O) groups excluding carboxylic acids is 1. The number of hydrogen-bond acceptors (Lipinski definition) is 5. The number of fused-ring (bicyclic) bond motifs is 1. The number of benzene rings is 2. The summed E-state index contributed by atoms with van der Waals surface area (Å²) in [7, 11) is -3.84. The van der Waals surface area contributed by atoms with E-state index in [1.807, 2.05) is 0 Å². The first-order valence-electron chi connectivity index (χ1n) is 9.75. The maximum atomic E-state index is 12.7. The molecule has 2 aromatic carbocycles. The molecule has 0 fully saturated rings. The summed E-state index contributed by atoms with van der Waals surface area (Å²) in [6.07, 6.45) is 8.70. The Kier molecular flexibility index (Phi) is 7.28. The number of ether oxygens (including phenoxy) is 1. The van der Waals surface area contributed by atoms with Crippen LogP contribution in [0.25, 0.3) is 10.2 Å². The average Bonchev–Trinajstić information content (AvgIpc) is 3.07. The summed E-state index contributed by atoms with van der Waals surface area (Å²) in [5, 5.41) is 5.22. The van der Waals surface area contributed by atoms with E-state index in [-0.39, 0.29) is 11.4 Å². The number of sulfonamides is 1. The zero-order valence-electron chi connectivity index (χ0n) is 17.1. The van der Waals surface area contributed by atoms with E-state index in [1.54, 1.807) is 34.9 Å². The van der Waals surface area contributed by atoms with Crippen molar-refractivity contribution in [3.05, 3.63) is 52.8 Å². The standard InChI is InChI=1S/C22H23N3O4S2/c1-3-5-6-14-29-17-9-7-16(8-10-17)21(26)24-22-25(13-4-2)19-12-11-18(31(23,27)28)15-20(19)30-22/h2,7-12,15H,3,5-6,13-14H2,1H3,(H2,23,27,28). The molecule has 162 valence electrons. The van der Waals surface area contributed by atoms with Crippen LogP contribution < -0.4 is 14.7 Å². The Morgan fingerprint density at radius 2 is 1.97 bits per heavy atom.